The Morgan fingerprint density at radius 3 is 3.00 bits per heavy atom. The molecule has 0 bridgehead atoms. The number of anilines is 1. The quantitative estimate of drug-likeness (QED) is 0.718. The lowest BCUT2D eigenvalue weighted by molar-refractivity contribution is -0.122. The Morgan fingerprint density at radius 1 is 1.53 bits per heavy atom. The number of thioether (sulfide) groups is 1. The zero-order valence-electron chi connectivity index (χ0n) is 11.5. The molecule has 4 nitrogen and oxygen atoms in total. The van der Waals surface area contributed by atoms with Crippen LogP contribution in [0.2, 0.25) is 0 Å². The molecule has 0 heterocycles. The number of carbonyl (C=O) groups is 1. The summed E-state index contributed by atoms with van der Waals surface area (Å²) in [4.78, 5) is 11.6. The molecule has 1 aromatic rings. The molecule has 1 aromatic carbocycles. The summed E-state index contributed by atoms with van der Waals surface area (Å²) in [5, 5.41) is 2.95. The van der Waals surface area contributed by atoms with Gasteiger partial charge in [0.2, 0.25) is 5.91 Å². The van der Waals surface area contributed by atoms with Crippen molar-refractivity contribution in [2.24, 2.45) is 0 Å². The van der Waals surface area contributed by atoms with Crippen LogP contribution in [-0.2, 0) is 4.79 Å². The van der Waals surface area contributed by atoms with Crippen LogP contribution in [0.25, 0.3) is 0 Å². The van der Waals surface area contributed by atoms with Gasteiger partial charge in [-0.1, -0.05) is 13.0 Å². The van der Waals surface area contributed by atoms with Gasteiger partial charge in [-0.25, -0.2) is 0 Å². The maximum atomic E-state index is 11.6. The standard InChI is InChI=1S/C14H22N2O2S/c1-3-19-10-11(2)16-14(17)7-8-18-13-6-4-5-12(15)9-13/h4-6,9,11H,3,7-8,10,15H2,1-2H3,(H,16,17). The van der Waals surface area contributed by atoms with Crippen LogP contribution in [0.15, 0.2) is 24.3 Å². The Morgan fingerprint density at radius 2 is 2.32 bits per heavy atom. The molecule has 1 amide bonds. The van der Waals surface area contributed by atoms with E-state index in [0.717, 1.165) is 11.5 Å². The fourth-order valence-corrected chi connectivity index (χ4v) is 2.22. The molecule has 0 aliphatic heterocycles. The summed E-state index contributed by atoms with van der Waals surface area (Å²) in [5.41, 5.74) is 6.30. The van der Waals surface area contributed by atoms with Crippen molar-refractivity contribution in [2.75, 3.05) is 23.8 Å². The van der Waals surface area contributed by atoms with Crippen molar-refractivity contribution in [1.82, 2.24) is 5.32 Å². The first kappa shape index (κ1) is 15.7. The highest BCUT2D eigenvalue weighted by Crippen LogP contribution is 2.14. The van der Waals surface area contributed by atoms with E-state index in [-0.39, 0.29) is 11.9 Å². The molecular weight excluding hydrogens is 260 g/mol. The Labute approximate surface area is 119 Å². The van der Waals surface area contributed by atoms with Crippen LogP contribution < -0.4 is 15.8 Å². The molecule has 3 N–H and O–H groups in total. The molecule has 0 aliphatic rings. The second-order valence-electron chi connectivity index (χ2n) is 4.30. The van der Waals surface area contributed by atoms with Crippen LogP contribution in [0.1, 0.15) is 20.3 Å². The topological polar surface area (TPSA) is 64.3 Å². The van der Waals surface area contributed by atoms with E-state index in [1.165, 1.54) is 0 Å². The average Bonchev–Trinajstić information content (AvgIpc) is 2.36. The van der Waals surface area contributed by atoms with Gasteiger partial charge in [0.15, 0.2) is 0 Å². The number of hydrogen-bond donors (Lipinski definition) is 2. The number of amides is 1. The van der Waals surface area contributed by atoms with Crippen molar-refractivity contribution in [3.63, 3.8) is 0 Å². The van der Waals surface area contributed by atoms with E-state index in [4.69, 9.17) is 10.5 Å². The molecule has 1 atom stereocenters. The van der Waals surface area contributed by atoms with Gasteiger partial charge in [-0.2, -0.15) is 11.8 Å². The third-order valence-corrected chi connectivity index (χ3v) is 3.58. The summed E-state index contributed by atoms with van der Waals surface area (Å²) in [6.45, 7) is 4.49. The minimum Gasteiger partial charge on any atom is -0.493 e. The van der Waals surface area contributed by atoms with E-state index in [2.05, 4.69) is 12.2 Å². The first-order chi connectivity index (χ1) is 9.11. The zero-order valence-corrected chi connectivity index (χ0v) is 12.3. The summed E-state index contributed by atoms with van der Waals surface area (Å²) in [7, 11) is 0. The molecule has 1 rings (SSSR count). The van der Waals surface area contributed by atoms with Crippen LogP contribution in [0, 0.1) is 0 Å². The van der Waals surface area contributed by atoms with Crippen molar-refractivity contribution in [1.29, 1.82) is 0 Å². The number of carbonyl (C=O) groups excluding carboxylic acids is 1. The largest absolute Gasteiger partial charge is 0.493 e. The molecule has 0 saturated carbocycles. The lowest BCUT2D eigenvalue weighted by Gasteiger charge is -2.13. The van der Waals surface area contributed by atoms with Gasteiger partial charge in [0, 0.05) is 23.5 Å². The first-order valence-corrected chi connectivity index (χ1v) is 7.62. The van der Waals surface area contributed by atoms with Crippen molar-refractivity contribution in [2.45, 2.75) is 26.3 Å². The number of nitrogens with two attached hydrogens (primary N) is 1. The number of rotatable bonds is 8. The number of hydrogen-bond acceptors (Lipinski definition) is 4. The minimum atomic E-state index is 0.0214. The van der Waals surface area contributed by atoms with Crippen LogP contribution in [0.5, 0.6) is 5.75 Å². The fraction of sp³-hybridized carbons (Fsp3) is 0.500. The molecule has 5 heteroatoms. The molecule has 0 radical (unpaired) electrons. The molecule has 0 aliphatic carbocycles. The SMILES string of the molecule is CCSCC(C)NC(=O)CCOc1cccc(N)c1. The summed E-state index contributed by atoms with van der Waals surface area (Å²) in [5.74, 6) is 2.73. The second kappa shape index (κ2) is 8.69. The number of nitrogens with one attached hydrogen (secondary N) is 1. The predicted molar refractivity (Wildman–Crippen MR) is 81.6 cm³/mol. The second-order valence-corrected chi connectivity index (χ2v) is 5.62. The molecule has 0 fully saturated rings. The molecule has 0 spiro atoms. The normalized spacial score (nSPS) is 11.9. The smallest absolute Gasteiger partial charge is 0.223 e. The first-order valence-electron chi connectivity index (χ1n) is 6.47. The van der Waals surface area contributed by atoms with E-state index in [1.54, 1.807) is 12.1 Å². The lowest BCUT2D eigenvalue weighted by Crippen LogP contribution is -2.35. The van der Waals surface area contributed by atoms with Crippen LogP contribution in [-0.4, -0.2) is 30.1 Å². The van der Waals surface area contributed by atoms with E-state index in [0.29, 0.717) is 24.5 Å². The Bertz CT molecular complexity index is 399. The monoisotopic (exact) mass is 282 g/mol. The molecule has 0 saturated heterocycles. The number of ether oxygens (including phenoxy) is 1. The fourth-order valence-electron chi connectivity index (χ4n) is 1.55. The average molecular weight is 282 g/mol. The minimum absolute atomic E-state index is 0.0214. The summed E-state index contributed by atoms with van der Waals surface area (Å²) < 4.78 is 5.47. The van der Waals surface area contributed by atoms with E-state index in [1.807, 2.05) is 30.8 Å². The highest BCUT2D eigenvalue weighted by molar-refractivity contribution is 7.99. The maximum Gasteiger partial charge on any atom is 0.223 e. The van der Waals surface area contributed by atoms with Crippen LogP contribution in [0.4, 0.5) is 5.69 Å². The highest BCUT2D eigenvalue weighted by Gasteiger charge is 2.07. The Balaban J connectivity index is 2.20. The molecule has 106 valence electrons. The van der Waals surface area contributed by atoms with Crippen LogP contribution in [0.3, 0.4) is 0 Å². The molecule has 0 aromatic heterocycles. The molecule has 1 unspecified atom stereocenters. The van der Waals surface area contributed by atoms with Gasteiger partial charge in [0.05, 0.1) is 13.0 Å². The van der Waals surface area contributed by atoms with Gasteiger partial charge in [0.25, 0.3) is 0 Å². The third kappa shape index (κ3) is 6.96. The van der Waals surface area contributed by atoms with Gasteiger partial charge in [-0.3, -0.25) is 4.79 Å². The van der Waals surface area contributed by atoms with E-state index < -0.39 is 0 Å². The Kier molecular flexibility index (Phi) is 7.18. The van der Waals surface area contributed by atoms with Gasteiger partial charge in [0.1, 0.15) is 5.75 Å². The van der Waals surface area contributed by atoms with Gasteiger partial charge in [-0.15, -0.1) is 0 Å². The Hall–Kier alpha value is -1.36. The van der Waals surface area contributed by atoms with E-state index >= 15 is 0 Å². The lowest BCUT2D eigenvalue weighted by atomic mass is 10.3. The van der Waals surface area contributed by atoms with Crippen molar-refractivity contribution in [3.05, 3.63) is 24.3 Å². The number of benzene rings is 1. The van der Waals surface area contributed by atoms with Gasteiger partial charge in [-0.05, 0) is 24.8 Å². The maximum absolute atomic E-state index is 11.6. The van der Waals surface area contributed by atoms with Gasteiger partial charge >= 0.3 is 0 Å². The predicted octanol–water partition coefficient (Wildman–Crippen LogP) is 2.30. The van der Waals surface area contributed by atoms with Gasteiger partial charge < -0.3 is 15.8 Å². The molecule has 19 heavy (non-hydrogen) atoms. The third-order valence-electron chi connectivity index (χ3n) is 2.44. The summed E-state index contributed by atoms with van der Waals surface area (Å²) >= 11 is 1.82. The van der Waals surface area contributed by atoms with E-state index in [9.17, 15) is 4.79 Å². The van der Waals surface area contributed by atoms with Crippen molar-refractivity contribution in [3.8, 4) is 5.75 Å². The van der Waals surface area contributed by atoms with Crippen molar-refractivity contribution >= 4 is 23.4 Å². The highest BCUT2D eigenvalue weighted by atomic mass is 32.2. The number of nitrogen functional groups attached to an aromatic ring is 1. The summed E-state index contributed by atoms with van der Waals surface area (Å²) in [6, 6.07) is 7.40. The summed E-state index contributed by atoms with van der Waals surface area (Å²) in [6.07, 6.45) is 0.357. The molecular formula is C14H22N2O2S. The van der Waals surface area contributed by atoms with Crippen LogP contribution >= 0.6 is 11.8 Å². The van der Waals surface area contributed by atoms with Crippen molar-refractivity contribution < 1.29 is 9.53 Å². The zero-order chi connectivity index (χ0) is 14.1.